The Kier molecular flexibility index (Phi) is 8.03. The van der Waals surface area contributed by atoms with Crippen molar-refractivity contribution in [3.63, 3.8) is 0 Å². The van der Waals surface area contributed by atoms with Gasteiger partial charge in [0.1, 0.15) is 6.61 Å². The van der Waals surface area contributed by atoms with Crippen LogP contribution in [-0.2, 0) is 28.9 Å². The number of aromatic nitrogens is 1. The molecule has 0 radical (unpaired) electrons. The minimum Gasteiger partial charge on any atom is -0.465 e. The summed E-state index contributed by atoms with van der Waals surface area (Å²) in [5.74, 6) is -0.441. The van der Waals surface area contributed by atoms with Crippen LogP contribution in [0.2, 0.25) is 0 Å². The monoisotopic (exact) mass is 548 g/mol. The number of carbonyl (C=O) groups excluding carboxylic acids is 2. The zero-order chi connectivity index (χ0) is 28.4. The molecule has 0 spiro atoms. The van der Waals surface area contributed by atoms with Gasteiger partial charge in [0.05, 0.1) is 22.7 Å². The van der Waals surface area contributed by atoms with Crippen molar-refractivity contribution in [1.82, 2.24) is 20.5 Å². The van der Waals surface area contributed by atoms with Gasteiger partial charge in [-0.1, -0.05) is 44.2 Å². The van der Waals surface area contributed by atoms with Gasteiger partial charge in [0, 0.05) is 25.3 Å². The maximum absolute atomic E-state index is 14.0. The molecule has 1 unspecified atom stereocenters. The zero-order valence-electron chi connectivity index (χ0n) is 21.6. The van der Waals surface area contributed by atoms with Crippen LogP contribution in [0.1, 0.15) is 61.5 Å². The summed E-state index contributed by atoms with van der Waals surface area (Å²) in [5, 5.41) is 14.4. The first-order valence-electron chi connectivity index (χ1n) is 12.7. The molecule has 1 saturated carbocycles. The van der Waals surface area contributed by atoms with Crippen molar-refractivity contribution in [2.75, 3.05) is 6.54 Å². The Hall–Kier alpha value is -3.83. The summed E-state index contributed by atoms with van der Waals surface area (Å²) in [6.45, 7) is 3.69. The molecule has 0 saturated heterocycles. The van der Waals surface area contributed by atoms with Gasteiger partial charge in [0.2, 0.25) is 5.91 Å². The van der Waals surface area contributed by atoms with Gasteiger partial charge >= 0.3 is 18.4 Å². The van der Waals surface area contributed by atoms with Gasteiger partial charge in [0.15, 0.2) is 0 Å². The summed E-state index contributed by atoms with van der Waals surface area (Å²) in [6.07, 6.45) is -4.64. The van der Waals surface area contributed by atoms with Crippen LogP contribution in [0, 0.1) is 11.3 Å². The van der Waals surface area contributed by atoms with E-state index in [1.807, 2.05) is 44.2 Å². The summed E-state index contributed by atoms with van der Waals surface area (Å²) in [7, 11) is 0. The fourth-order valence-electron chi connectivity index (χ4n) is 5.52. The summed E-state index contributed by atoms with van der Waals surface area (Å²) in [6, 6.07) is 8.81. The Bertz CT molecular complexity index is 1220. The highest BCUT2D eigenvalue weighted by Gasteiger charge is 2.50. The maximum atomic E-state index is 14.0. The summed E-state index contributed by atoms with van der Waals surface area (Å²) < 4.78 is 45.4. The predicted molar refractivity (Wildman–Crippen MR) is 133 cm³/mol. The quantitative estimate of drug-likeness (QED) is 0.474. The van der Waals surface area contributed by atoms with Gasteiger partial charge in [-0.05, 0) is 42.4 Å². The van der Waals surface area contributed by atoms with E-state index in [2.05, 4.69) is 15.6 Å². The number of halogens is 3. The molecule has 4 rings (SSSR count). The van der Waals surface area contributed by atoms with E-state index in [0.29, 0.717) is 25.5 Å². The van der Waals surface area contributed by atoms with Crippen molar-refractivity contribution in [3.05, 3.63) is 65.0 Å². The van der Waals surface area contributed by atoms with Crippen LogP contribution < -0.4 is 10.6 Å². The Morgan fingerprint density at radius 3 is 2.56 bits per heavy atom. The number of pyridine rings is 1. The minimum absolute atomic E-state index is 0.0673. The first-order chi connectivity index (χ1) is 18.4. The fourth-order valence-corrected chi connectivity index (χ4v) is 5.52. The molecule has 9 nitrogen and oxygen atoms in total. The van der Waals surface area contributed by atoms with Crippen LogP contribution in [0.4, 0.5) is 22.8 Å². The van der Waals surface area contributed by atoms with Gasteiger partial charge in [-0.15, -0.1) is 0 Å². The van der Waals surface area contributed by atoms with Gasteiger partial charge in [-0.3, -0.25) is 9.78 Å². The molecule has 2 aromatic rings. The summed E-state index contributed by atoms with van der Waals surface area (Å²) >= 11 is 0. The fraction of sp³-hybridized carbons (Fsp3) is 0.481. The second kappa shape index (κ2) is 11.1. The number of ether oxygens (including phenoxy) is 1. The number of carbonyl (C=O) groups is 3. The largest absolute Gasteiger partial charge is 0.465 e. The summed E-state index contributed by atoms with van der Waals surface area (Å²) in [4.78, 5) is 43.2. The molecule has 1 aliphatic heterocycles. The van der Waals surface area contributed by atoms with Crippen molar-refractivity contribution in [2.24, 2.45) is 11.3 Å². The average Bonchev–Trinajstić information content (AvgIpc) is 3.31. The van der Waals surface area contributed by atoms with Crippen molar-refractivity contribution in [1.29, 1.82) is 0 Å². The topological polar surface area (TPSA) is 121 Å². The molecule has 1 aromatic heterocycles. The SMILES string of the molecule is CC(C)[C@]1(C(=O)N2Cc3cc(C(F)(F)F)cnc3C(NC(=O)O)C2)CC[C@@H](NC(=O)OCc2ccccc2)C1. The maximum Gasteiger partial charge on any atom is 0.417 e. The lowest BCUT2D eigenvalue weighted by Gasteiger charge is -2.41. The van der Waals surface area contributed by atoms with Crippen molar-refractivity contribution >= 4 is 18.1 Å². The molecule has 39 heavy (non-hydrogen) atoms. The van der Waals surface area contributed by atoms with E-state index < -0.39 is 35.4 Å². The van der Waals surface area contributed by atoms with Gasteiger partial charge in [-0.25, -0.2) is 9.59 Å². The Morgan fingerprint density at radius 1 is 1.21 bits per heavy atom. The van der Waals surface area contributed by atoms with E-state index in [-0.39, 0.29) is 48.8 Å². The molecule has 3 amide bonds. The van der Waals surface area contributed by atoms with Crippen LogP contribution in [0.5, 0.6) is 0 Å². The number of nitrogens with one attached hydrogen (secondary N) is 2. The third kappa shape index (κ3) is 6.26. The van der Waals surface area contributed by atoms with E-state index in [0.717, 1.165) is 11.6 Å². The third-order valence-corrected chi connectivity index (χ3v) is 7.62. The minimum atomic E-state index is -4.64. The van der Waals surface area contributed by atoms with E-state index in [1.54, 1.807) is 0 Å². The van der Waals surface area contributed by atoms with Crippen LogP contribution in [0.3, 0.4) is 0 Å². The van der Waals surface area contributed by atoms with Crippen molar-refractivity contribution < 1.29 is 37.4 Å². The molecular formula is C27H31F3N4O5. The smallest absolute Gasteiger partial charge is 0.417 e. The first kappa shape index (κ1) is 28.2. The standard InChI is InChI=1S/C27H31F3N4O5/c1-16(2)26(9-8-20(11-26)32-25(38)39-15-17-6-4-3-5-7-17)23(35)34-13-18-10-19(27(28,29)30)12-31-22(18)21(14-34)33-24(36)37/h3-7,10,12,16,20-21,33H,8-9,11,13-15H2,1-2H3,(H,32,38)(H,36,37)/t20-,21?,26+/m1/s1. The van der Waals surface area contributed by atoms with E-state index in [4.69, 9.17) is 4.74 Å². The molecular weight excluding hydrogens is 517 g/mol. The number of nitrogens with zero attached hydrogens (tertiary/aromatic N) is 2. The third-order valence-electron chi connectivity index (χ3n) is 7.62. The molecule has 0 bridgehead atoms. The normalized spacial score (nSPS) is 22.8. The highest BCUT2D eigenvalue weighted by atomic mass is 19.4. The molecule has 1 aromatic carbocycles. The molecule has 2 heterocycles. The van der Waals surface area contributed by atoms with E-state index in [1.165, 1.54) is 4.90 Å². The number of alkyl carbamates (subject to hydrolysis) is 1. The van der Waals surface area contributed by atoms with Crippen LogP contribution >= 0.6 is 0 Å². The lowest BCUT2D eigenvalue weighted by Crippen LogP contribution is -2.51. The number of hydrogen-bond acceptors (Lipinski definition) is 5. The Morgan fingerprint density at radius 2 is 1.92 bits per heavy atom. The Labute approximate surface area is 223 Å². The van der Waals surface area contributed by atoms with E-state index >= 15 is 0 Å². The highest BCUT2D eigenvalue weighted by Crippen LogP contribution is 2.47. The molecule has 1 fully saturated rings. The number of benzene rings is 1. The number of carboxylic acid groups (broad SMARTS) is 1. The number of rotatable bonds is 6. The second-order valence-electron chi connectivity index (χ2n) is 10.4. The number of hydrogen-bond donors (Lipinski definition) is 3. The molecule has 3 atom stereocenters. The van der Waals surface area contributed by atoms with E-state index in [9.17, 15) is 32.7 Å². The lowest BCUT2D eigenvalue weighted by molar-refractivity contribution is -0.146. The van der Waals surface area contributed by atoms with Crippen LogP contribution in [0.25, 0.3) is 0 Å². The predicted octanol–water partition coefficient (Wildman–Crippen LogP) is 4.87. The molecule has 12 heteroatoms. The summed E-state index contributed by atoms with van der Waals surface area (Å²) in [5.41, 5.74) is -0.719. The second-order valence-corrected chi connectivity index (χ2v) is 10.4. The number of amides is 3. The van der Waals surface area contributed by atoms with Gasteiger partial charge in [0.25, 0.3) is 0 Å². The average molecular weight is 549 g/mol. The van der Waals surface area contributed by atoms with Crippen molar-refractivity contribution in [2.45, 2.75) is 64.5 Å². The molecule has 2 aliphatic rings. The molecule has 210 valence electrons. The highest BCUT2D eigenvalue weighted by molar-refractivity contribution is 5.84. The Balaban J connectivity index is 1.50. The van der Waals surface area contributed by atoms with Crippen LogP contribution in [0.15, 0.2) is 42.6 Å². The first-order valence-corrected chi connectivity index (χ1v) is 12.7. The zero-order valence-corrected chi connectivity index (χ0v) is 21.6. The number of fused-ring (bicyclic) bond motifs is 1. The number of alkyl halides is 3. The van der Waals surface area contributed by atoms with Crippen LogP contribution in [-0.4, -0.2) is 45.7 Å². The van der Waals surface area contributed by atoms with Gasteiger partial charge < -0.3 is 25.4 Å². The molecule has 1 aliphatic carbocycles. The van der Waals surface area contributed by atoms with Gasteiger partial charge in [-0.2, -0.15) is 13.2 Å². The molecule has 3 N–H and O–H groups in total. The lowest BCUT2D eigenvalue weighted by atomic mass is 9.73. The van der Waals surface area contributed by atoms with Crippen molar-refractivity contribution in [3.8, 4) is 0 Å².